The molecule has 0 saturated heterocycles. The number of carbonyl (C=O) groups is 1. The molecule has 4 heteroatoms. The SMILES string of the molecule is CC(Cc1cccs1)NCCC(=O)O. The summed E-state index contributed by atoms with van der Waals surface area (Å²) < 4.78 is 0. The predicted molar refractivity (Wildman–Crippen MR) is 57.7 cm³/mol. The first kappa shape index (κ1) is 11.2. The Labute approximate surface area is 87.8 Å². The van der Waals surface area contributed by atoms with E-state index in [2.05, 4.69) is 23.7 Å². The molecule has 0 bridgehead atoms. The molecule has 0 fully saturated rings. The number of hydrogen-bond donors (Lipinski definition) is 2. The Balaban J connectivity index is 2.16. The smallest absolute Gasteiger partial charge is 0.304 e. The van der Waals surface area contributed by atoms with Crippen LogP contribution in [-0.4, -0.2) is 23.7 Å². The van der Waals surface area contributed by atoms with E-state index in [1.807, 2.05) is 6.07 Å². The Morgan fingerprint density at radius 2 is 2.50 bits per heavy atom. The standard InChI is InChI=1S/C10H15NO2S/c1-8(11-5-4-10(12)13)7-9-3-2-6-14-9/h2-3,6,8,11H,4-5,7H2,1H3,(H,12,13). The zero-order chi connectivity index (χ0) is 10.4. The summed E-state index contributed by atoms with van der Waals surface area (Å²) in [6.07, 6.45) is 1.16. The Bertz CT molecular complexity index is 272. The second-order valence-corrected chi connectivity index (χ2v) is 4.31. The molecule has 1 unspecified atom stereocenters. The fraction of sp³-hybridized carbons (Fsp3) is 0.500. The van der Waals surface area contributed by atoms with Crippen LogP contribution in [0.15, 0.2) is 17.5 Å². The molecule has 0 amide bonds. The number of rotatable bonds is 6. The summed E-state index contributed by atoms with van der Waals surface area (Å²) in [7, 11) is 0. The Morgan fingerprint density at radius 3 is 3.07 bits per heavy atom. The van der Waals surface area contributed by atoms with Gasteiger partial charge in [0.25, 0.3) is 0 Å². The van der Waals surface area contributed by atoms with Gasteiger partial charge in [-0.05, 0) is 24.8 Å². The topological polar surface area (TPSA) is 49.3 Å². The maximum Gasteiger partial charge on any atom is 0.304 e. The summed E-state index contributed by atoms with van der Waals surface area (Å²) in [5.74, 6) is -0.749. The molecule has 1 rings (SSSR count). The van der Waals surface area contributed by atoms with Crippen molar-refractivity contribution in [2.45, 2.75) is 25.8 Å². The molecule has 0 aliphatic heterocycles. The van der Waals surface area contributed by atoms with Crippen molar-refractivity contribution in [3.63, 3.8) is 0 Å². The first-order valence-corrected chi connectivity index (χ1v) is 5.54. The third-order valence-corrected chi connectivity index (χ3v) is 2.82. The molecule has 0 aliphatic carbocycles. The Hall–Kier alpha value is -0.870. The van der Waals surface area contributed by atoms with Gasteiger partial charge in [-0.15, -0.1) is 11.3 Å². The number of thiophene rings is 1. The summed E-state index contributed by atoms with van der Waals surface area (Å²) in [6, 6.07) is 4.47. The highest BCUT2D eigenvalue weighted by Crippen LogP contribution is 2.10. The first-order valence-electron chi connectivity index (χ1n) is 4.66. The highest BCUT2D eigenvalue weighted by Gasteiger charge is 2.04. The van der Waals surface area contributed by atoms with Crippen LogP contribution >= 0.6 is 11.3 Å². The van der Waals surface area contributed by atoms with Crippen LogP contribution in [0, 0.1) is 0 Å². The van der Waals surface area contributed by atoms with Crippen molar-refractivity contribution >= 4 is 17.3 Å². The number of aliphatic carboxylic acids is 1. The number of nitrogens with one attached hydrogen (secondary N) is 1. The predicted octanol–water partition coefficient (Wildman–Crippen LogP) is 1.74. The molecule has 78 valence electrons. The zero-order valence-corrected chi connectivity index (χ0v) is 9.01. The average molecular weight is 213 g/mol. The lowest BCUT2D eigenvalue weighted by Crippen LogP contribution is -2.29. The van der Waals surface area contributed by atoms with Crippen LogP contribution in [0.1, 0.15) is 18.2 Å². The van der Waals surface area contributed by atoms with E-state index in [0.717, 1.165) is 6.42 Å². The molecule has 0 aliphatic rings. The van der Waals surface area contributed by atoms with Gasteiger partial charge >= 0.3 is 5.97 Å². The van der Waals surface area contributed by atoms with E-state index in [-0.39, 0.29) is 6.42 Å². The summed E-state index contributed by atoms with van der Waals surface area (Å²) in [5.41, 5.74) is 0. The van der Waals surface area contributed by atoms with Crippen molar-refractivity contribution in [2.75, 3.05) is 6.54 Å². The van der Waals surface area contributed by atoms with Crippen molar-refractivity contribution in [1.82, 2.24) is 5.32 Å². The molecule has 1 aromatic rings. The zero-order valence-electron chi connectivity index (χ0n) is 8.19. The van der Waals surface area contributed by atoms with E-state index in [4.69, 9.17) is 5.11 Å². The quantitative estimate of drug-likeness (QED) is 0.756. The van der Waals surface area contributed by atoms with Crippen LogP contribution in [0.3, 0.4) is 0 Å². The van der Waals surface area contributed by atoms with Gasteiger partial charge in [-0.3, -0.25) is 4.79 Å². The fourth-order valence-corrected chi connectivity index (χ4v) is 2.06. The maximum atomic E-state index is 10.3. The van der Waals surface area contributed by atoms with Crippen molar-refractivity contribution in [3.05, 3.63) is 22.4 Å². The fourth-order valence-electron chi connectivity index (χ4n) is 1.23. The van der Waals surface area contributed by atoms with Crippen LogP contribution in [0.25, 0.3) is 0 Å². The molecular formula is C10H15NO2S. The molecule has 14 heavy (non-hydrogen) atoms. The van der Waals surface area contributed by atoms with Gasteiger partial charge in [-0.2, -0.15) is 0 Å². The van der Waals surface area contributed by atoms with E-state index >= 15 is 0 Å². The molecule has 0 spiro atoms. The normalized spacial score (nSPS) is 12.6. The monoisotopic (exact) mass is 213 g/mol. The van der Waals surface area contributed by atoms with Gasteiger partial charge in [0, 0.05) is 17.5 Å². The third kappa shape index (κ3) is 4.39. The maximum absolute atomic E-state index is 10.3. The van der Waals surface area contributed by atoms with E-state index in [9.17, 15) is 4.79 Å². The van der Waals surface area contributed by atoms with Crippen LogP contribution in [-0.2, 0) is 11.2 Å². The van der Waals surface area contributed by atoms with Crippen molar-refractivity contribution in [3.8, 4) is 0 Å². The molecule has 1 heterocycles. The van der Waals surface area contributed by atoms with Crippen molar-refractivity contribution in [2.24, 2.45) is 0 Å². The number of carboxylic acids is 1. The molecule has 1 atom stereocenters. The molecule has 0 aromatic carbocycles. The highest BCUT2D eigenvalue weighted by molar-refractivity contribution is 7.09. The minimum Gasteiger partial charge on any atom is -0.481 e. The van der Waals surface area contributed by atoms with Gasteiger partial charge in [0.2, 0.25) is 0 Å². The van der Waals surface area contributed by atoms with Gasteiger partial charge in [0.15, 0.2) is 0 Å². The van der Waals surface area contributed by atoms with Crippen molar-refractivity contribution in [1.29, 1.82) is 0 Å². The molecule has 1 aromatic heterocycles. The van der Waals surface area contributed by atoms with Crippen LogP contribution in [0.4, 0.5) is 0 Å². The summed E-state index contributed by atoms with van der Waals surface area (Å²) in [5, 5.41) is 13.7. The van der Waals surface area contributed by atoms with Gasteiger partial charge in [0.1, 0.15) is 0 Å². The third-order valence-electron chi connectivity index (χ3n) is 1.92. The second-order valence-electron chi connectivity index (χ2n) is 3.28. The minimum absolute atomic E-state index is 0.189. The number of carboxylic acid groups (broad SMARTS) is 1. The summed E-state index contributed by atoms with van der Waals surface area (Å²) in [6.45, 7) is 2.61. The van der Waals surface area contributed by atoms with Crippen LogP contribution in [0.5, 0.6) is 0 Å². The Kier molecular flexibility index (Phi) is 4.62. The summed E-state index contributed by atoms with van der Waals surface area (Å²) in [4.78, 5) is 11.6. The van der Waals surface area contributed by atoms with Crippen LogP contribution in [0.2, 0.25) is 0 Å². The molecule has 3 nitrogen and oxygen atoms in total. The lowest BCUT2D eigenvalue weighted by Gasteiger charge is -2.11. The molecular weight excluding hydrogens is 198 g/mol. The molecule has 0 radical (unpaired) electrons. The van der Waals surface area contributed by atoms with E-state index in [1.165, 1.54) is 4.88 Å². The van der Waals surface area contributed by atoms with Gasteiger partial charge < -0.3 is 10.4 Å². The summed E-state index contributed by atoms with van der Waals surface area (Å²) >= 11 is 1.73. The lowest BCUT2D eigenvalue weighted by molar-refractivity contribution is -0.136. The van der Waals surface area contributed by atoms with Gasteiger partial charge in [-0.1, -0.05) is 6.07 Å². The van der Waals surface area contributed by atoms with Crippen LogP contribution < -0.4 is 5.32 Å². The van der Waals surface area contributed by atoms with Gasteiger partial charge in [-0.25, -0.2) is 0 Å². The van der Waals surface area contributed by atoms with E-state index in [1.54, 1.807) is 11.3 Å². The molecule has 2 N–H and O–H groups in total. The number of hydrogen-bond acceptors (Lipinski definition) is 3. The first-order chi connectivity index (χ1) is 6.68. The minimum atomic E-state index is -0.749. The highest BCUT2D eigenvalue weighted by atomic mass is 32.1. The van der Waals surface area contributed by atoms with E-state index < -0.39 is 5.97 Å². The van der Waals surface area contributed by atoms with Gasteiger partial charge in [0.05, 0.1) is 6.42 Å². The van der Waals surface area contributed by atoms with E-state index in [0.29, 0.717) is 12.6 Å². The lowest BCUT2D eigenvalue weighted by atomic mass is 10.2. The van der Waals surface area contributed by atoms with Crippen molar-refractivity contribution < 1.29 is 9.90 Å². The average Bonchev–Trinajstić information content (AvgIpc) is 2.56. The molecule has 0 saturated carbocycles. The Morgan fingerprint density at radius 1 is 1.71 bits per heavy atom. The largest absolute Gasteiger partial charge is 0.481 e. The second kappa shape index (κ2) is 5.78.